The predicted octanol–water partition coefficient (Wildman–Crippen LogP) is 2.48. The number of ether oxygens (including phenoxy) is 1. The molecule has 0 aliphatic carbocycles. The van der Waals surface area contributed by atoms with Gasteiger partial charge >= 0.3 is 12.1 Å². The second kappa shape index (κ2) is 7.63. The van der Waals surface area contributed by atoms with Crippen LogP contribution < -0.4 is 5.32 Å². The molecule has 1 N–H and O–H groups in total. The van der Waals surface area contributed by atoms with Crippen molar-refractivity contribution < 1.29 is 27.5 Å². The number of methoxy groups -OCH3 is 1. The van der Waals surface area contributed by atoms with Crippen LogP contribution in [0.25, 0.3) is 0 Å². The molecule has 0 saturated heterocycles. The van der Waals surface area contributed by atoms with Gasteiger partial charge in [-0.1, -0.05) is 18.2 Å². The van der Waals surface area contributed by atoms with Crippen LogP contribution in [0, 0.1) is 0 Å². The largest absolute Gasteiger partial charge is 0.467 e. The monoisotopic (exact) mass is 315 g/mol. The summed E-state index contributed by atoms with van der Waals surface area (Å²) in [6.45, 7) is 3.48. The third kappa shape index (κ3) is 5.23. The maximum Gasteiger partial charge on any atom is 0.416 e. The molecule has 0 fully saturated rings. The van der Waals surface area contributed by atoms with Crippen LogP contribution in [0.15, 0.2) is 36.9 Å². The Labute approximate surface area is 126 Å². The highest BCUT2D eigenvalue weighted by atomic mass is 19.4. The minimum Gasteiger partial charge on any atom is -0.467 e. The van der Waals surface area contributed by atoms with E-state index in [1.807, 2.05) is 0 Å². The Balaban J connectivity index is 2.68. The number of alkyl halides is 3. The number of nitrogens with one attached hydrogen (secondary N) is 1. The lowest BCUT2D eigenvalue weighted by atomic mass is 10.1. The van der Waals surface area contributed by atoms with Crippen LogP contribution in [0.1, 0.15) is 17.5 Å². The molecular weight excluding hydrogens is 299 g/mol. The van der Waals surface area contributed by atoms with Gasteiger partial charge in [0.15, 0.2) is 0 Å². The molecule has 4 nitrogen and oxygen atoms in total. The van der Waals surface area contributed by atoms with Gasteiger partial charge in [-0.25, -0.2) is 4.79 Å². The van der Waals surface area contributed by atoms with Gasteiger partial charge in [-0.05, 0) is 24.1 Å². The lowest BCUT2D eigenvalue weighted by molar-refractivity contribution is -0.145. The molecule has 120 valence electrons. The Morgan fingerprint density at radius 3 is 2.36 bits per heavy atom. The highest BCUT2D eigenvalue weighted by Gasteiger charge is 2.30. The highest BCUT2D eigenvalue weighted by Crippen LogP contribution is 2.29. The van der Waals surface area contributed by atoms with Crippen LogP contribution >= 0.6 is 0 Å². The van der Waals surface area contributed by atoms with Gasteiger partial charge in [-0.15, -0.1) is 6.58 Å². The van der Waals surface area contributed by atoms with E-state index >= 15 is 0 Å². The fourth-order valence-corrected chi connectivity index (χ4v) is 1.77. The van der Waals surface area contributed by atoms with E-state index in [-0.39, 0.29) is 12.8 Å². The van der Waals surface area contributed by atoms with Gasteiger partial charge in [-0.2, -0.15) is 13.2 Å². The van der Waals surface area contributed by atoms with Crippen LogP contribution in [0.5, 0.6) is 0 Å². The Bertz CT molecular complexity index is 538. The molecule has 0 heterocycles. The lowest BCUT2D eigenvalue weighted by Gasteiger charge is -2.15. The van der Waals surface area contributed by atoms with Crippen LogP contribution in [-0.2, 0) is 26.9 Å². The number of carbonyl (C=O) groups is 2. The van der Waals surface area contributed by atoms with Crippen LogP contribution in [0.2, 0.25) is 0 Å². The Morgan fingerprint density at radius 2 is 1.91 bits per heavy atom. The van der Waals surface area contributed by atoms with Crippen molar-refractivity contribution in [3.05, 3.63) is 48.0 Å². The van der Waals surface area contributed by atoms with Crippen molar-refractivity contribution in [2.45, 2.75) is 25.1 Å². The zero-order chi connectivity index (χ0) is 16.8. The molecule has 1 rings (SSSR count). The second-order valence-corrected chi connectivity index (χ2v) is 4.54. The zero-order valence-corrected chi connectivity index (χ0v) is 11.9. The molecule has 1 aromatic carbocycles. The molecule has 0 unspecified atom stereocenters. The molecule has 0 aromatic heterocycles. The van der Waals surface area contributed by atoms with Crippen LogP contribution in [0.3, 0.4) is 0 Å². The van der Waals surface area contributed by atoms with E-state index < -0.39 is 29.7 Å². The van der Waals surface area contributed by atoms with Crippen molar-refractivity contribution in [2.24, 2.45) is 0 Å². The van der Waals surface area contributed by atoms with E-state index in [0.717, 1.165) is 12.1 Å². The van der Waals surface area contributed by atoms with Crippen molar-refractivity contribution in [3.8, 4) is 0 Å². The third-order valence-corrected chi connectivity index (χ3v) is 2.87. The van der Waals surface area contributed by atoms with Gasteiger partial charge in [0.2, 0.25) is 5.91 Å². The molecular formula is C15H16F3NO3. The maximum absolute atomic E-state index is 12.4. The summed E-state index contributed by atoms with van der Waals surface area (Å²) in [5, 5.41) is 2.46. The summed E-state index contributed by atoms with van der Waals surface area (Å²) in [6.07, 6.45) is -2.89. The average molecular weight is 315 g/mol. The first-order valence-electron chi connectivity index (χ1n) is 6.42. The van der Waals surface area contributed by atoms with Crippen molar-refractivity contribution in [2.75, 3.05) is 7.11 Å². The number of esters is 1. The summed E-state index contributed by atoms with van der Waals surface area (Å²) < 4.78 is 41.8. The first kappa shape index (κ1) is 17.7. The number of benzene rings is 1. The highest BCUT2D eigenvalue weighted by molar-refractivity contribution is 5.85. The number of hydrogen-bond acceptors (Lipinski definition) is 3. The van der Waals surface area contributed by atoms with E-state index in [2.05, 4.69) is 16.6 Å². The number of halogens is 3. The summed E-state index contributed by atoms with van der Waals surface area (Å²) in [5.74, 6) is -1.10. The molecule has 22 heavy (non-hydrogen) atoms. The average Bonchev–Trinajstić information content (AvgIpc) is 2.45. The van der Waals surface area contributed by atoms with Gasteiger partial charge in [0.1, 0.15) is 6.04 Å². The minimum absolute atomic E-state index is 0.136. The molecule has 0 bridgehead atoms. The summed E-state index contributed by atoms with van der Waals surface area (Å²) in [7, 11) is 1.19. The summed E-state index contributed by atoms with van der Waals surface area (Å²) in [5.41, 5.74) is -0.372. The number of rotatable bonds is 6. The van der Waals surface area contributed by atoms with Crippen molar-refractivity contribution in [1.29, 1.82) is 0 Å². The second-order valence-electron chi connectivity index (χ2n) is 4.54. The molecule has 0 spiro atoms. The molecule has 0 saturated carbocycles. The molecule has 7 heteroatoms. The molecule has 0 aliphatic heterocycles. The summed E-state index contributed by atoms with van der Waals surface area (Å²) >= 11 is 0. The molecule has 1 atom stereocenters. The topological polar surface area (TPSA) is 55.4 Å². The molecule has 1 aromatic rings. The van der Waals surface area contributed by atoms with Gasteiger partial charge in [0.05, 0.1) is 19.1 Å². The molecule has 0 radical (unpaired) electrons. The predicted molar refractivity (Wildman–Crippen MR) is 73.9 cm³/mol. The number of amides is 1. The van der Waals surface area contributed by atoms with Crippen LogP contribution in [-0.4, -0.2) is 25.0 Å². The normalized spacial score (nSPS) is 12.4. The Hall–Kier alpha value is -2.31. The Morgan fingerprint density at radius 1 is 1.32 bits per heavy atom. The standard InChI is InChI=1S/C15H16F3NO3/c1-3-4-12(14(21)22-2)19-13(20)9-10-5-7-11(8-6-10)15(16,17)18/h3,5-8,12H,1,4,9H2,2H3,(H,19,20)/t12-/m0/s1. The van der Waals surface area contributed by atoms with E-state index in [4.69, 9.17) is 0 Å². The van der Waals surface area contributed by atoms with Gasteiger partial charge in [0, 0.05) is 0 Å². The van der Waals surface area contributed by atoms with Gasteiger partial charge in [-0.3, -0.25) is 4.79 Å². The van der Waals surface area contributed by atoms with Crippen molar-refractivity contribution in [1.82, 2.24) is 5.32 Å². The summed E-state index contributed by atoms with van der Waals surface area (Å²) in [4.78, 5) is 23.3. The van der Waals surface area contributed by atoms with E-state index in [1.165, 1.54) is 25.3 Å². The fourth-order valence-electron chi connectivity index (χ4n) is 1.77. The van der Waals surface area contributed by atoms with Crippen molar-refractivity contribution in [3.63, 3.8) is 0 Å². The SMILES string of the molecule is C=CC[C@H](NC(=O)Cc1ccc(C(F)(F)F)cc1)C(=O)OC. The fraction of sp³-hybridized carbons (Fsp3) is 0.333. The maximum atomic E-state index is 12.4. The third-order valence-electron chi connectivity index (χ3n) is 2.87. The molecule has 1 amide bonds. The Kier molecular flexibility index (Phi) is 6.15. The van der Waals surface area contributed by atoms with Gasteiger partial charge < -0.3 is 10.1 Å². The minimum atomic E-state index is -4.42. The van der Waals surface area contributed by atoms with E-state index in [0.29, 0.717) is 5.56 Å². The quantitative estimate of drug-likeness (QED) is 0.648. The van der Waals surface area contributed by atoms with E-state index in [1.54, 1.807) is 0 Å². The lowest BCUT2D eigenvalue weighted by Crippen LogP contribution is -2.41. The zero-order valence-electron chi connectivity index (χ0n) is 11.9. The van der Waals surface area contributed by atoms with Crippen molar-refractivity contribution >= 4 is 11.9 Å². The summed E-state index contributed by atoms with van der Waals surface area (Å²) in [6, 6.07) is 3.41. The first-order valence-corrected chi connectivity index (χ1v) is 6.42. The smallest absolute Gasteiger partial charge is 0.416 e. The number of hydrogen-bond donors (Lipinski definition) is 1. The van der Waals surface area contributed by atoms with E-state index in [9.17, 15) is 22.8 Å². The number of carbonyl (C=O) groups excluding carboxylic acids is 2. The van der Waals surface area contributed by atoms with Gasteiger partial charge in [0.25, 0.3) is 0 Å². The molecule has 0 aliphatic rings. The van der Waals surface area contributed by atoms with Crippen LogP contribution in [0.4, 0.5) is 13.2 Å². The first-order chi connectivity index (χ1) is 10.3.